The third kappa shape index (κ3) is 3.08. The van der Waals surface area contributed by atoms with E-state index >= 15 is 0 Å². The van der Waals surface area contributed by atoms with Crippen molar-refractivity contribution in [1.82, 2.24) is 0 Å². The molecule has 0 amide bonds. The Kier molecular flexibility index (Phi) is 5.26. The standard InChI is InChI=1S/C21H28O5/c1-21(20(23)26-4)10-9-16-15-8-6-14(24-2)11-13(15)5-7-17(16)18(21)12-19(22)25-3/h6,8,11,16-18H,5,7,9-10,12H2,1-4H3/t16-,17-,18+,21-/m0/s1. The van der Waals surface area contributed by atoms with Crippen molar-refractivity contribution in [1.29, 1.82) is 0 Å². The lowest BCUT2D eigenvalue weighted by Crippen LogP contribution is -2.48. The lowest BCUT2D eigenvalue weighted by atomic mass is 9.54. The Morgan fingerprint density at radius 2 is 1.92 bits per heavy atom. The van der Waals surface area contributed by atoms with Gasteiger partial charge in [0, 0.05) is 6.42 Å². The first-order valence-corrected chi connectivity index (χ1v) is 9.26. The molecule has 0 N–H and O–H groups in total. The zero-order valence-corrected chi connectivity index (χ0v) is 16.0. The number of esters is 2. The second-order valence-electron chi connectivity index (χ2n) is 7.71. The van der Waals surface area contributed by atoms with Gasteiger partial charge in [-0.3, -0.25) is 9.59 Å². The number of methoxy groups -OCH3 is 3. The van der Waals surface area contributed by atoms with Crippen molar-refractivity contribution in [2.45, 2.75) is 44.9 Å². The fraction of sp³-hybridized carbons (Fsp3) is 0.619. The largest absolute Gasteiger partial charge is 0.497 e. The average molecular weight is 360 g/mol. The van der Waals surface area contributed by atoms with Gasteiger partial charge >= 0.3 is 11.9 Å². The van der Waals surface area contributed by atoms with Crippen molar-refractivity contribution in [3.8, 4) is 5.75 Å². The predicted octanol–water partition coefficient (Wildman–Crippen LogP) is 3.49. The monoisotopic (exact) mass is 360 g/mol. The van der Waals surface area contributed by atoms with Gasteiger partial charge in [-0.15, -0.1) is 0 Å². The van der Waals surface area contributed by atoms with Crippen LogP contribution in [0.2, 0.25) is 0 Å². The summed E-state index contributed by atoms with van der Waals surface area (Å²) in [5.74, 6) is 0.960. The van der Waals surface area contributed by atoms with Crippen LogP contribution in [0.4, 0.5) is 0 Å². The maximum Gasteiger partial charge on any atom is 0.311 e. The molecule has 5 nitrogen and oxygen atoms in total. The van der Waals surface area contributed by atoms with Crippen LogP contribution in [0.15, 0.2) is 18.2 Å². The van der Waals surface area contributed by atoms with E-state index in [1.165, 1.54) is 25.3 Å². The van der Waals surface area contributed by atoms with Crippen molar-refractivity contribution in [2.24, 2.45) is 17.3 Å². The summed E-state index contributed by atoms with van der Waals surface area (Å²) in [4.78, 5) is 24.7. The molecule has 1 aromatic rings. The van der Waals surface area contributed by atoms with Gasteiger partial charge in [-0.05, 0) is 73.6 Å². The molecule has 142 valence electrons. The quantitative estimate of drug-likeness (QED) is 0.769. The first kappa shape index (κ1) is 18.7. The van der Waals surface area contributed by atoms with E-state index in [0.29, 0.717) is 12.3 Å². The SMILES string of the molecule is COC(=O)C[C@@H]1[C@H]2CCc3cc(OC)ccc3[C@@H]2CC[C@]1(C)C(=O)OC. The summed E-state index contributed by atoms with van der Waals surface area (Å²) in [5.41, 5.74) is 2.02. The Morgan fingerprint density at radius 1 is 1.15 bits per heavy atom. The van der Waals surface area contributed by atoms with E-state index in [4.69, 9.17) is 14.2 Å². The molecule has 1 aromatic carbocycles. The molecule has 5 heteroatoms. The Morgan fingerprint density at radius 3 is 2.58 bits per heavy atom. The summed E-state index contributed by atoms with van der Waals surface area (Å²) in [7, 11) is 4.51. The lowest BCUT2D eigenvalue weighted by Gasteiger charge is -2.50. The third-order valence-corrected chi connectivity index (χ3v) is 6.59. The molecule has 0 spiro atoms. The van der Waals surface area contributed by atoms with Crippen LogP contribution in [0.5, 0.6) is 5.75 Å². The summed E-state index contributed by atoms with van der Waals surface area (Å²) < 4.78 is 15.4. The summed E-state index contributed by atoms with van der Waals surface area (Å²) >= 11 is 0. The molecule has 0 radical (unpaired) electrons. The average Bonchev–Trinajstić information content (AvgIpc) is 2.68. The van der Waals surface area contributed by atoms with Gasteiger partial charge in [0.05, 0.1) is 26.7 Å². The van der Waals surface area contributed by atoms with Crippen molar-refractivity contribution >= 4 is 11.9 Å². The van der Waals surface area contributed by atoms with Crippen molar-refractivity contribution in [3.05, 3.63) is 29.3 Å². The number of benzene rings is 1. The van der Waals surface area contributed by atoms with E-state index in [9.17, 15) is 9.59 Å². The van der Waals surface area contributed by atoms with Crippen molar-refractivity contribution in [3.63, 3.8) is 0 Å². The van der Waals surface area contributed by atoms with Gasteiger partial charge in [-0.1, -0.05) is 6.07 Å². The number of fused-ring (bicyclic) bond motifs is 3. The number of carbonyl (C=O) groups excluding carboxylic acids is 2. The van der Waals surface area contributed by atoms with Gasteiger partial charge in [0.15, 0.2) is 0 Å². The molecule has 0 bridgehead atoms. The predicted molar refractivity (Wildman–Crippen MR) is 97.0 cm³/mol. The minimum Gasteiger partial charge on any atom is -0.497 e. The van der Waals surface area contributed by atoms with E-state index in [2.05, 4.69) is 12.1 Å². The van der Waals surface area contributed by atoms with Crippen LogP contribution in [0, 0.1) is 17.3 Å². The molecule has 2 aliphatic carbocycles. The van der Waals surface area contributed by atoms with E-state index in [1.807, 2.05) is 13.0 Å². The summed E-state index contributed by atoms with van der Waals surface area (Å²) in [6.45, 7) is 1.95. The highest BCUT2D eigenvalue weighted by molar-refractivity contribution is 5.79. The molecule has 4 atom stereocenters. The molecule has 26 heavy (non-hydrogen) atoms. The number of hydrogen-bond donors (Lipinski definition) is 0. The second kappa shape index (κ2) is 7.29. The maximum atomic E-state index is 12.6. The molecular formula is C21H28O5. The number of hydrogen-bond acceptors (Lipinski definition) is 5. The van der Waals surface area contributed by atoms with Crippen LogP contribution in [0.25, 0.3) is 0 Å². The number of rotatable bonds is 4. The van der Waals surface area contributed by atoms with Crippen LogP contribution >= 0.6 is 0 Å². The van der Waals surface area contributed by atoms with Crippen LogP contribution in [0.1, 0.15) is 49.7 Å². The molecular weight excluding hydrogens is 332 g/mol. The third-order valence-electron chi connectivity index (χ3n) is 6.59. The first-order chi connectivity index (χ1) is 12.4. The van der Waals surface area contributed by atoms with Crippen molar-refractivity contribution in [2.75, 3.05) is 21.3 Å². The highest BCUT2D eigenvalue weighted by Gasteiger charge is 2.53. The molecule has 1 fully saturated rings. The number of carbonyl (C=O) groups is 2. The summed E-state index contributed by atoms with van der Waals surface area (Å²) in [5, 5.41) is 0. The molecule has 2 aliphatic rings. The number of aryl methyl sites for hydroxylation is 1. The Hall–Kier alpha value is -2.04. The van der Waals surface area contributed by atoms with Gasteiger partial charge in [-0.2, -0.15) is 0 Å². The first-order valence-electron chi connectivity index (χ1n) is 9.26. The van der Waals surface area contributed by atoms with Gasteiger partial charge in [0.1, 0.15) is 5.75 Å². The van der Waals surface area contributed by atoms with Gasteiger partial charge in [0.25, 0.3) is 0 Å². The van der Waals surface area contributed by atoms with E-state index < -0.39 is 5.41 Å². The molecule has 0 unspecified atom stereocenters. The maximum absolute atomic E-state index is 12.6. The van der Waals surface area contributed by atoms with E-state index in [1.54, 1.807) is 7.11 Å². The number of ether oxygens (including phenoxy) is 3. The molecule has 0 heterocycles. The molecule has 0 saturated heterocycles. The zero-order valence-electron chi connectivity index (χ0n) is 16.0. The Bertz CT molecular complexity index is 698. The molecule has 1 saturated carbocycles. The van der Waals surface area contributed by atoms with Crippen LogP contribution in [-0.2, 0) is 25.5 Å². The lowest BCUT2D eigenvalue weighted by molar-refractivity contribution is -0.163. The minimum atomic E-state index is -0.645. The van der Waals surface area contributed by atoms with Crippen LogP contribution < -0.4 is 4.74 Å². The fourth-order valence-corrected chi connectivity index (χ4v) is 5.13. The molecule has 0 aromatic heterocycles. The van der Waals surface area contributed by atoms with Crippen LogP contribution in [-0.4, -0.2) is 33.3 Å². The fourth-order valence-electron chi connectivity index (χ4n) is 5.13. The Labute approximate surface area is 155 Å². The zero-order chi connectivity index (χ0) is 18.9. The minimum absolute atomic E-state index is 0.0728. The van der Waals surface area contributed by atoms with Crippen LogP contribution in [0.3, 0.4) is 0 Å². The molecule has 3 rings (SSSR count). The van der Waals surface area contributed by atoms with Gasteiger partial charge in [0.2, 0.25) is 0 Å². The highest BCUT2D eigenvalue weighted by atomic mass is 16.5. The van der Waals surface area contributed by atoms with Gasteiger partial charge in [-0.25, -0.2) is 0 Å². The summed E-state index contributed by atoms with van der Waals surface area (Å²) in [6.07, 6.45) is 3.79. The van der Waals surface area contributed by atoms with Gasteiger partial charge < -0.3 is 14.2 Å². The highest BCUT2D eigenvalue weighted by Crippen LogP contribution is 2.56. The summed E-state index contributed by atoms with van der Waals surface area (Å²) in [6, 6.07) is 6.28. The normalized spacial score (nSPS) is 29.9. The smallest absolute Gasteiger partial charge is 0.311 e. The van der Waals surface area contributed by atoms with Crippen molar-refractivity contribution < 1.29 is 23.8 Å². The second-order valence-corrected chi connectivity index (χ2v) is 7.71. The molecule has 0 aliphatic heterocycles. The Balaban J connectivity index is 1.97. The topological polar surface area (TPSA) is 61.8 Å². The van der Waals surface area contributed by atoms with E-state index in [-0.39, 0.29) is 30.2 Å². The van der Waals surface area contributed by atoms with E-state index in [0.717, 1.165) is 25.0 Å².